The van der Waals surface area contributed by atoms with Gasteiger partial charge in [0, 0.05) is 10.6 Å². The van der Waals surface area contributed by atoms with Crippen LogP contribution >= 0.6 is 23.2 Å². The van der Waals surface area contributed by atoms with Gasteiger partial charge in [-0.15, -0.1) is 11.6 Å². The first-order valence-electron chi connectivity index (χ1n) is 4.28. The molecule has 0 amide bonds. The largest absolute Gasteiger partial charge is 0.206 e. The Morgan fingerprint density at radius 3 is 2.64 bits per heavy atom. The van der Waals surface area contributed by atoms with Gasteiger partial charge in [-0.1, -0.05) is 29.3 Å². The lowest BCUT2D eigenvalue weighted by Gasteiger charge is -2.04. The minimum absolute atomic E-state index is 0.0925. The third-order valence-electron chi connectivity index (χ3n) is 1.97. The molecule has 1 unspecified atom stereocenters. The highest BCUT2D eigenvalue weighted by molar-refractivity contribution is 6.30. The SMILES string of the molecule is C/C(=C\c1ccc(Cl)cc1F)C(C)Cl. The summed E-state index contributed by atoms with van der Waals surface area (Å²) in [6, 6.07) is 4.59. The zero-order chi connectivity index (χ0) is 10.7. The molecule has 0 nitrogen and oxygen atoms in total. The molecule has 0 aliphatic heterocycles. The lowest BCUT2D eigenvalue weighted by molar-refractivity contribution is 0.625. The standard InChI is InChI=1S/C11H11Cl2F/c1-7(8(2)12)5-9-3-4-10(13)6-11(9)14/h3-6,8H,1-2H3/b7-5+. The third-order valence-corrected chi connectivity index (χ3v) is 2.55. The molecule has 0 saturated heterocycles. The molecule has 0 N–H and O–H groups in total. The molecule has 14 heavy (non-hydrogen) atoms. The van der Waals surface area contributed by atoms with Gasteiger partial charge in [-0.3, -0.25) is 0 Å². The molecule has 3 heteroatoms. The normalized spacial score (nSPS) is 14.2. The zero-order valence-electron chi connectivity index (χ0n) is 8.02. The summed E-state index contributed by atoms with van der Waals surface area (Å²) in [7, 11) is 0. The lowest BCUT2D eigenvalue weighted by atomic mass is 10.1. The maximum absolute atomic E-state index is 13.3. The number of alkyl halides is 1. The highest BCUT2D eigenvalue weighted by Crippen LogP contribution is 2.19. The highest BCUT2D eigenvalue weighted by Gasteiger charge is 2.03. The van der Waals surface area contributed by atoms with E-state index in [4.69, 9.17) is 23.2 Å². The van der Waals surface area contributed by atoms with Crippen molar-refractivity contribution in [1.29, 1.82) is 0 Å². The van der Waals surface area contributed by atoms with Crippen molar-refractivity contribution in [2.45, 2.75) is 19.2 Å². The third kappa shape index (κ3) is 3.00. The summed E-state index contributed by atoms with van der Waals surface area (Å²) in [5.41, 5.74) is 1.44. The fourth-order valence-corrected chi connectivity index (χ4v) is 1.20. The van der Waals surface area contributed by atoms with Crippen molar-refractivity contribution in [3.63, 3.8) is 0 Å². The van der Waals surface area contributed by atoms with Gasteiger partial charge in [0.25, 0.3) is 0 Å². The van der Waals surface area contributed by atoms with Gasteiger partial charge in [-0.25, -0.2) is 4.39 Å². The van der Waals surface area contributed by atoms with Crippen molar-refractivity contribution in [1.82, 2.24) is 0 Å². The van der Waals surface area contributed by atoms with Gasteiger partial charge < -0.3 is 0 Å². The molecule has 76 valence electrons. The molecule has 0 aromatic heterocycles. The number of hydrogen-bond donors (Lipinski definition) is 0. The van der Waals surface area contributed by atoms with Gasteiger partial charge in [0.1, 0.15) is 5.82 Å². The summed E-state index contributed by atoms with van der Waals surface area (Å²) < 4.78 is 13.3. The van der Waals surface area contributed by atoms with Crippen LogP contribution in [0.1, 0.15) is 19.4 Å². The van der Waals surface area contributed by atoms with Crippen LogP contribution in [-0.2, 0) is 0 Å². The molecular weight excluding hydrogens is 222 g/mol. The molecule has 0 aliphatic carbocycles. The van der Waals surface area contributed by atoms with Crippen molar-refractivity contribution >= 4 is 29.3 Å². The number of hydrogen-bond acceptors (Lipinski definition) is 0. The summed E-state index contributed by atoms with van der Waals surface area (Å²) in [4.78, 5) is 0. The predicted octanol–water partition coefficient (Wildman–Crippen LogP) is 4.51. The van der Waals surface area contributed by atoms with Crippen molar-refractivity contribution in [3.05, 3.63) is 40.2 Å². The Hall–Kier alpha value is -0.530. The van der Waals surface area contributed by atoms with Crippen LogP contribution in [0.15, 0.2) is 23.8 Å². The summed E-state index contributed by atoms with van der Waals surface area (Å²) in [5, 5.41) is 0.307. The predicted molar refractivity (Wildman–Crippen MR) is 60.4 cm³/mol. The molecule has 0 spiro atoms. The van der Waals surface area contributed by atoms with E-state index in [1.807, 2.05) is 13.8 Å². The monoisotopic (exact) mass is 232 g/mol. The topological polar surface area (TPSA) is 0 Å². The fourth-order valence-electron chi connectivity index (χ4n) is 0.979. The van der Waals surface area contributed by atoms with Crippen molar-refractivity contribution in [2.24, 2.45) is 0 Å². The first-order chi connectivity index (χ1) is 6.50. The molecule has 1 atom stereocenters. The Labute approximate surface area is 93.3 Å². The smallest absolute Gasteiger partial charge is 0.131 e. The van der Waals surface area contributed by atoms with Crippen LogP contribution in [0.25, 0.3) is 6.08 Å². The lowest BCUT2D eigenvalue weighted by Crippen LogP contribution is -1.92. The van der Waals surface area contributed by atoms with E-state index in [0.717, 1.165) is 5.57 Å². The first-order valence-corrected chi connectivity index (χ1v) is 5.09. The summed E-state index contributed by atoms with van der Waals surface area (Å²) in [6.07, 6.45) is 1.73. The van der Waals surface area contributed by atoms with Gasteiger partial charge >= 0.3 is 0 Å². The average Bonchev–Trinajstić information content (AvgIpc) is 2.09. The molecular formula is C11H11Cl2F. The Kier molecular flexibility index (Phi) is 3.97. The summed E-state index contributed by atoms with van der Waals surface area (Å²) >= 11 is 11.5. The summed E-state index contributed by atoms with van der Waals surface area (Å²) in [6.45, 7) is 3.72. The molecule has 0 saturated carbocycles. The average molecular weight is 233 g/mol. The molecule has 0 aliphatic rings. The Bertz CT molecular complexity index is 356. The first kappa shape index (κ1) is 11.5. The van der Waals surface area contributed by atoms with E-state index in [1.54, 1.807) is 18.2 Å². The Balaban J connectivity index is 3.03. The van der Waals surface area contributed by atoms with Crippen molar-refractivity contribution < 1.29 is 4.39 Å². The van der Waals surface area contributed by atoms with Gasteiger partial charge in [-0.05, 0) is 26.0 Å². The number of allylic oxidation sites excluding steroid dienone is 1. The van der Waals surface area contributed by atoms with E-state index in [0.29, 0.717) is 10.6 Å². The molecule has 0 heterocycles. The van der Waals surface area contributed by atoms with Crippen LogP contribution in [-0.4, -0.2) is 5.38 Å². The Morgan fingerprint density at radius 1 is 1.50 bits per heavy atom. The maximum atomic E-state index is 13.3. The molecule has 0 fully saturated rings. The second-order valence-corrected chi connectivity index (χ2v) is 4.26. The molecule has 0 radical (unpaired) electrons. The molecule has 1 aromatic rings. The zero-order valence-corrected chi connectivity index (χ0v) is 9.53. The van der Waals surface area contributed by atoms with E-state index in [1.165, 1.54) is 6.07 Å². The number of halogens is 3. The number of benzene rings is 1. The quantitative estimate of drug-likeness (QED) is 0.659. The van der Waals surface area contributed by atoms with E-state index >= 15 is 0 Å². The van der Waals surface area contributed by atoms with E-state index in [9.17, 15) is 4.39 Å². The van der Waals surface area contributed by atoms with E-state index in [-0.39, 0.29) is 11.2 Å². The van der Waals surface area contributed by atoms with Crippen molar-refractivity contribution in [2.75, 3.05) is 0 Å². The van der Waals surface area contributed by atoms with Gasteiger partial charge in [0.05, 0.1) is 5.38 Å². The van der Waals surface area contributed by atoms with Gasteiger partial charge in [-0.2, -0.15) is 0 Å². The van der Waals surface area contributed by atoms with Gasteiger partial charge in [0.15, 0.2) is 0 Å². The molecule has 1 aromatic carbocycles. The van der Waals surface area contributed by atoms with Gasteiger partial charge in [0.2, 0.25) is 0 Å². The second-order valence-electron chi connectivity index (χ2n) is 3.17. The Morgan fingerprint density at radius 2 is 2.14 bits per heavy atom. The molecule has 0 bridgehead atoms. The van der Waals surface area contributed by atoms with Crippen LogP contribution < -0.4 is 0 Å². The van der Waals surface area contributed by atoms with E-state index in [2.05, 4.69) is 0 Å². The van der Waals surface area contributed by atoms with Crippen LogP contribution in [0.4, 0.5) is 4.39 Å². The maximum Gasteiger partial charge on any atom is 0.131 e. The molecule has 1 rings (SSSR count). The van der Waals surface area contributed by atoms with E-state index < -0.39 is 0 Å². The second kappa shape index (κ2) is 4.81. The minimum Gasteiger partial charge on any atom is -0.206 e. The summed E-state index contributed by atoms with van der Waals surface area (Å²) in [5.74, 6) is -0.325. The highest BCUT2D eigenvalue weighted by atomic mass is 35.5. The fraction of sp³-hybridized carbons (Fsp3) is 0.273. The van der Waals surface area contributed by atoms with Crippen LogP contribution in [0.5, 0.6) is 0 Å². The van der Waals surface area contributed by atoms with Crippen LogP contribution in [0.3, 0.4) is 0 Å². The van der Waals surface area contributed by atoms with Crippen LogP contribution in [0.2, 0.25) is 5.02 Å². The van der Waals surface area contributed by atoms with Crippen molar-refractivity contribution in [3.8, 4) is 0 Å². The van der Waals surface area contributed by atoms with Crippen LogP contribution in [0, 0.1) is 5.82 Å². The number of rotatable bonds is 2. The minimum atomic E-state index is -0.325.